The summed E-state index contributed by atoms with van der Waals surface area (Å²) in [5.41, 5.74) is 7.21. The highest BCUT2D eigenvalue weighted by atomic mass is 16.5. The van der Waals surface area contributed by atoms with Crippen molar-refractivity contribution in [2.75, 3.05) is 7.11 Å². The minimum absolute atomic E-state index is 0.0597. The Morgan fingerprint density at radius 3 is 2.40 bits per heavy atom. The van der Waals surface area contributed by atoms with Gasteiger partial charge >= 0.3 is 0 Å². The topological polar surface area (TPSA) is 77.1 Å². The number of rotatable bonds is 4. The lowest BCUT2D eigenvalue weighted by Crippen LogP contribution is -2.12. The molecule has 0 aliphatic rings. The molecule has 0 fully saturated rings. The molecule has 0 aliphatic carbocycles. The Bertz CT molecular complexity index is 622. The Balaban J connectivity index is 2.22. The SMILES string of the molecule is COc1cc(C)ccc1Oc1ccc(/C(N)=N/O)cc1. The molecule has 0 atom stereocenters. The fraction of sp³-hybridized carbons (Fsp3) is 0.133. The number of benzene rings is 2. The van der Waals surface area contributed by atoms with E-state index >= 15 is 0 Å². The van der Waals surface area contributed by atoms with Gasteiger partial charge < -0.3 is 20.4 Å². The Kier molecular flexibility index (Phi) is 4.10. The van der Waals surface area contributed by atoms with E-state index in [0.29, 0.717) is 22.8 Å². The molecule has 0 saturated carbocycles. The van der Waals surface area contributed by atoms with Crippen LogP contribution >= 0.6 is 0 Å². The maximum absolute atomic E-state index is 8.60. The summed E-state index contributed by atoms with van der Waals surface area (Å²) >= 11 is 0. The van der Waals surface area contributed by atoms with Gasteiger partial charge in [-0.2, -0.15) is 0 Å². The summed E-state index contributed by atoms with van der Waals surface area (Å²) in [6, 6.07) is 12.6. The summed E-state index contributed by atoms with van der Waals surface area (Å²) in [6.07, 6.45) is 0. The van der Waals surface area contributed by atoms with Crippen LogP contribution in [0.4, 0.5) is 0 Å². The summed E-state index contributed by atoms with van der Waals surface area (Å²) < 4.78 is 11.0. The number of nitrogens with zero attached hydrogens (tertiary/aromatic N) is 1. The van der Waals surface area contributed by atoms with Crippen LogP contribution in [0.5, 0.6) is 17.2 Å². The van der Waals surface area contributed by atoms with Crippen molar-refractivity contribution in [3.63, 3.8) is 0 Å². The molecule has 5 nitrogen and oxygen atoms in total. The second-order valence-corrected chi connectivity index (χ2v) is 4.27. The second-order valence-electron chi connectivity index (χ2n) is 4.27. The van der Waals surface area contributed by atoms with Gasteiger partial charge in [-0.15, -0.1) is 0 Å². The molecule has 0 radical (unpaired) electrons. The van der Waals surface area contributed by atoms with E-state index in [1.165, 1.54) is 0 Å². The number of hydrogen-bond donors (Lipinski definition) is 2. The average molecular weight is 272 g/mol. The summed E-state index contributed by atoms with van der Waals surface area (Å²) in [6.45, 7) is 1.98. The smallest absolute Gasteiger partial charge is 0.170 e. The van der Waals surface area contributed by atoms with E-state index in [1.54, 1.807) is 31.4 Å². The van der Waals surface area contributed by atoms with Gasteiger partial charge in [0.1, 0.15) is 5.75 Å². The van der Waals surface area contributed by atoms with Crippen LogP contribution in [-0.4, -0.2) is 18.2 Å². The molecule has 2 aromatic carbocycles. The quantitative estimate of drug-likeness (QED) is 0.388. The zero-order valence-electron chi connectivity index (χ0n) is 11.3. The van der Waals surface area contributed by atoms with Gasteiger partial charge in [0, 0.05) is 5.56 Å². The fourth-order valence-electron chi connectivity index (χ4n) is 1.74. The van der Waals surface area contributed by atoms with Gasteiger partial charge in [0.2, 0.25) is 0 Å². The van der Waals surface area contributed by atoms with Crippen LogP contribution in [0.3, 0.4) is 0 Å². The summed E-state index contributed by atoms with van der Waals surface area (Å²) in [4.78, 5) is 0. The predicted molar refractivity (Wildman–Crippen MR) is 76.8 cm³/mol. The van der Waals surface area contributed by atoms with Crippen molar-refractivity contribution in [3.05, 3.63) is 53.6 Å². The Morgan fingerprint density at radius 2 is 1.80 bits per heavy atom. The number of amidine groups is 1. The first-order chi connectivity index (χ1) is 9.63. The largest absolute Gasteiger partial charge is 0.493 e. The number of aryl methyl sites for hydroxylation is 1. The fourth-order valence-corrected chi connectivity index (χ4v) is 1.74. The Morgan fingerprint density at radius 1 is 1.10 bits per heavy atom. The van der Waals surface area contributed by atoms with Gasteiger partial charge in [-0.1, -0.05) is 11.2 Å². The van der Waals surface area contributed by atoms with Gasteiger partial charge in [-0.25, -0.2) is 0 Å². The summed E-state index contributed by atoms with van der Waals surface area (Å²) in [7, 11) is 1.60. The van der Waals surface area contributed by atoms with Crippen LogP contribution in [0.15, 0.2) is 47.6 Å². The van der Waals surface area contributed by atoms with Crippen LogP contribution in [0.2, 0.25) is 0 Å². The van der Waals surface area contributed by atoms with Crippen molar-refractivity contribution < 1.29 is 14.7 Å². The number of nitrogens with two attached hydrogens (primary N) is 1. The van der Waals surface area contributed by atoms with Crippen molar-refractivity contribution in [1.29, 1.82) is 0 Å². The lowest BCUT2D eigenvalue weighted by Gasteiger charge is -2.11. The van der Waals surface area contributed by atoms with Crippen LogP contribution < -0.4 is 15.2 Å². The minimum Gasteiger partial charge on any atom is -0.493 e. The van der Waals surface area contributed by atoms with Gasteiger partial charge in [0.05, 0.1) is 7.11 Å². The molecule has 104 valence electrons. The molecule has 2 aromatic rings. The molecule has 0 aromatic heterocycles. The molecule has 2 rings (SSSR count). The minimum atomic E-state index is 0.0597. The summed E-state index contributed by atoms with van der Waals surface area (Å²) in [5, 5.41) is 11.5. The summed E-state index contributed by atoms with van der Waals surface area (Å²) in [5.74, 6) is 2.01. The highest BCUT2D eigenvalue weighted by Crippen LogP contribution is 2.32. The Labute approximate surface area is 117 Å². The van der Waals surface area contributed by atoms with Crippen LogP contribution in [0, 0.1) is 6.92 Å². The van der Waals surface area contributed by atoms with E-state index in [1.807, 2.05) is 25.1 Å². The molecule has 0 aliphatic heterocycles. The zero-order chi connectivity index (χ0) is 14.5. The average Bonchev–Trinajstić information content (AvgIpc) is 2.49. The molecule has 0 bridgehead atoms. The van der Waals surface area contributed by atoms with Crippen molar-refractivity contribution in [2.24, 2.45) is 10.9 Å². The van der Waals surface area contributed by atoms with Crippen LogP contribution in [0.1, 0.15) is 11.1 Å². The van der Waals surface area contributed by atoms with Gasteiger partial charge in [0.15, 0.2) is 17.3 Å². The van der Waals surface area contributed by atoms with E-state index in [0.717, 1.165) is 5.56 Å². The lowest BCUT2D eigenvalue weighted by molar-refractivity contribution is 0.318. The second kappa shape index (κ2) is 5.97. The van der Waals surface area contributed by atoms with Crippen LogP contribution in [-0.2, 0) is 0 Å². The third-order valence-corrected chi connectivity index (χ3v) is 2.80. The monoisotopic (exact) mass is 272 g/mol. The zero-order valence-corrected chi connectivity index (χ0v) is 11.3. The van der Waals surface area contributed by atoms with Crippen molar-refractivity contribution >= 4 is 5.84 Å². The maximum Gasteiger partial charge on any atom is 0.170 e. The third-order valence-electron chi connectivity index (χ3n) is 2.80. The van der Waals surface area contributed by atoms with Crippen molar-refractivity contribution in [3.8, 4) is 17.2 Å². The molecular weight excluding hydrogens is 256 g/mol. The highest BCUT2D eigenvalue weighted by molar-refractivity contribution is 5.97. The van der Waals surface area contributed by atoms with Crippen molar-refractivity contribution in [2.45, 2.75) is 6.92 Å². The highest BCUT2D eigenvalue weighted by Gasteiger charge is 2.06. The molecule has 0 unspecified atom stereocenters. The molecular formula is C15H16N2O3. The molecule has 0 saturated heterocycles. The maximum atomic E-state index is 8.60. The van der Waals surface area contributed by atoms with Gasteiger partial charge in [0.25, 0.3) is 0 Å². The molecule has 5 heteroatoms. The van der Waals surface area contributed by atoms with Gasteiger partial charge in [-0.05, 0) is 48.9 Å². The Hall–Kier alpha value is -2.69. The number of methoxy groups -OCH3 is 1. The van der Waals surface area contributed by atoms with E-state index < -0.39 is 0 Å². The number of hydrogen-bond acceptors (Lipinski definition) is 4. The van der Waals surface area contributed by atoms with Crippen LogP contribution in [0.25, 0.3) is 0 Å². The third kappa shape index (κ3) is 3.00. The van der Waals surface area contributed by atoms with E-state index in [9.17, 15) is 0 Å². The van der Waals surface area contributed by atoms with E-state index in [-0.39, 0.29) is 5.84 Å². The first-order valence-corrected chi connectivity index (χ1v) is 6.04. The number of ether oxygens (including phenoxy) is 2. The van der Waals surface area contributed by atoms with Gasteiger partial charge in [-0.3, -0.25) is 0 Å². The number of oxime groups is 1. The lowest BCUT2D eigenvalue weighted by atomic mass is 10.2. The first kappa shape index (κ1) is 13.7. The molecule has 0 spiro atoms. The predicted octanol–water partition coefficient (Wildman–Crippen LogP) is 2.89. The molecule has 3 N–H and O–H groups in total. The normalized spacial score (nSPS) is 11.2. The molecule has 0 amide bonds. The molecule has 20 heavy (non-hydrogen) atoms. The molecule has 0 heterocycles. The first-order valence-electron chi connectivity index (χ1n) is 6.04. The van der Waals surface area contributed by atoms with Crippen molar-refractivity contribution in [1.82, 2.24) is 0 Å². The van der Waals surface area contributed by atoms with E-state index in [2.05, 4.69) is 5.16 Å². The standard InChI is InChI=1S/C15H16N2O3/c1-10-3-8-13(14(9-10)19-2)20-12-6-4-11(5-7-12)15(16)17-18/h3-9,18H,1-2H3,(H2,16,17). The van der Waals surface area contributed by atoms with E-state index in [4.69, 9.17) is 20.4 Å².